The summed E-state index contributed by atoms with van der Waals surface area (Å²) in [7, 11) is 0. The van der Waals surface area contributed by atoms with Gasteiger partial charge in [-0.1, -0.05) is 34.1 Å². The van der Waals surface area contributed by atoms with Crippen molar-refractivity contribution in [3.8, 4) is 0 Å². The first-order valence-electron chi connectivity index (χ1n) is 8.57. The van der Waals surface area contributed by atoms with Gasteiger partial charge in [0.05, 0.1) is 6.04 Å². The van der Waals surface area contributed by atoms with E-state index in [2.05, 4.69) is 37.7 Å². The maximum Gasteiger partial charge on any atom is 0.284 e. The van der Waals surface area contributed by atoms with Crippen LogP contribution in [0.3, 0.4) is 0 Å². The topological polar surface area (TPSA) is 51.4 Å². The van der Waals surface area contributed by atoms with E-state index in [9.17, 15) is 4.79 Å². The molecule has 23 heavy (non-hydrogen) atoms. The van der Waals surface area contributed by atoms with Crippen LogP contribution in [0.25, 0.3) is 0 Å². The Kier molecular flexibility index (Phi) is 4.22. The summed E-state index contributed by atoms with van der Waals surface area (Å²) in [6, 6.07) is 0.698. The molecule has 0 saturated heterocycles. The molecule has 2 atom stereocenters. The Hall–Kier alpha value is -0.530. The van der Waals surface area contributed by atoms with E-state index in [0.717, 1.165) is 41.6 Å². The number of hydrogen-bond acceptors (Lipinski definition) is 4. The van der Waals surface area contributed by atoms with E-state index >= 15 is 0 Å². The largest absolute Gasteiger partial charge is 0.324 e. The van der Waals surface area contributed by atoms with Crippen molar-refractivity contribution in [1.29, 1.82) is 0 Å². The molecule has 7 heteroatoms. The molecule has 1 aliphatic carbocycles. The Balaban J connectivity index is 1.64. The fourth-order valence-corrected chi connectivity index (χ4v) is 5.71. The normalized spacial score (nSPS) is 30.6. The summed E-state index contributed by atoms with van der Waals surface area (Å²) in [5, 5.41) is 5.33. The summed E-state index contributed by atoms with van der Waals surface area (Å²) in [6.45, 7) is 4.88. The van der Waals surface area contributed by atoms with E-state index < -0.39 is 0 Å². The number of nitrogens with zero attached hydrogens (tertiary/aromatic N) is 2. The third-order valence-electron chi connectivity index (χ3n) is 5.42. The van der Waals surface area contributed by atoms with Gasteiger partial charge >= 0.3 is 0 Å². The molecular formula is C16H24BrN4OS+. The van der Waals surface area contributed by atoms with Crippen molar-refractivity contribution >= 4 is 33.5 Å². The van der Waals surface area contributed by atoms with Gasteiger partial charge in [-0.05, 0) is 32.6 Å². The highest BCUT2D eigenvalue weighted by Gasteiger charge is 2.39. The molecule has 2 N–H and O–H groups in total. The Morgan fingerprint density at radius 3 is 2.96 bits per heavy atom. The minimum absolute atomic E-state index is 0.0296. The van der Waals surface area contributed by atoms with Crippen molar-refractivity contribution in [2.75, 3.05) is 17.3 Å². The third kappa shape index (κ3) is 2.85. The Morgan fingerprint density at radius 2 is 2.22 bits per heavy atom. The highest BCUT2D eigenvalue weighted by atomic mass is 79.9. The molecule has 1 aromatic heterocycles. The summed E-state index contributed by atoms with van der Waals surface area (Å²) >= 11 is 5.32. The van der Waals surface area contributed by atoms with Crippen molar-refractivity contribution in [2.24, 2.45) is 0 Å². The van der Waals surface area contributed by atoms with Gasteiger partial charge in [-0.3, -0.25) is 4.79 Å². The number of rotatable bonds is 2. The van der Waals surface area contributed by atoms with Crippen LogP contribution < -0.4 is 15.8 Å². The molecule has 0 bridgehead atoms. The molecule has 126 valence electrons. The molecule has 0 aromatic carbocycles. The number of halogens is 1. The van der Waals surface area contributed by atoms with Crippen LogP contribution in [0.5, 0.6) is 0 Å². The molecule has 3 aliphatic rings. The average Bonchev–Trinajstić information content (AvgIpc) is 2.93. The maximum atomic E-state index is 12.5. The molecule has 1 saturated carbocycles. The third-order valence-corrected chi connectivity index (χ3v) is 8.29. The van der Waals surface area contributed by atoms with Gasteiger partial charge < -0.3 is 14.8 Å². The second-order valence-electron chi connectivity index (χ2n) is 7.32. The quantitative estimate of drug-likeness (QED) is 0.585. The number of quaternary nitrogens is 1. The highest BCUT2D eigenvalue weighted by molar-refractivity contribution is 9.09. The molecular weight excluding hydrogens is 376 g/mol. The molecule has 3 heterocycles. The van der Waals surface area contributed by atoms with Crippen LogP contribution in [0.15, 0.2) is 9.95 Å². The SMILES string of the molecule is C[C@@]1(CBr)Cn2c(nc(=O)c3c2NC[NH+](C2CCCCC2)C3)S1. The van der Waals surface area contributed by atoms with E-state index in [1.807, 2.05) is 0 Å². The number of thioether (sulfide) groups is 1. The second-order valence-corrected chi connectivity index (χ2v) is 9.44. The molecule has 1 unspecified atom stereocenters. The van der Waals surface area contributed by atoms with Crippen molar-refractivity contribution in [1.82, 2.24) is 9.55 Å². The van der Waals surface area contributed by atoms with Crippen LogP contribution in [-0.2, 0) is 13.1 Å². The van der Waals surface area contributed by atoms with Gasteiger partial charge in [0, 0.05) is 16.6 Å². The zero-order valence-electron chi connectivity index (χ0n) is 13.5. The first kappa shape index (κ1) is 16.0. The van der Waals surface area contributed by atoms with Gasteiger partial charge in [-0.15, -0.1) is 0 Å². The predicted molar refractivity (Wildman–Crippen MR) is 96.6 cm³/mol. The summed E-state index contributed by atoms with van der Waals surface area (Å²) < 4.78 is 2.30. The number of anilines is 1. The number of alkyl halides is 1. The van der Waals surface area contributed by atoms with Gasteiger partial charge in [-0.2, -0.15) is 4.98 Å². The van der Waals surface area contributed by atoms with Gasteiger partial charge in [-0.25, -0.2) is 0 Å². The lowest BCUT2D eigenvalue weighted by atomic mass is 9.94. The lowest BCUT2D eigenvalue weighted by molar-refractivity contribution is -0.938. The summed E-state index contributed by atoms with van der Waals surface area (Å²) in [4.78, 5) is 18.5. The van der Waals surface area contributed by atoms with Crippen LogP contribution in [0.1, 0.15) is 44.6 Å². The molecule has 2 aliphatic heterocycles. The first-order valence-corrected chi connectivity index (χ1v) is 10.5. The number of nitrogens with one attached hydrogen (secondary N) is 2. The van der Waals surface area contributed by atoms with E-state index in [4.69, 9.17) is 0 Å². The van der Waals surface area contributed by atoms with Gasteiger partial charge in [0.2, 0.25) is 0 Å². The molecule has 0 radical (unpaired) electrons. The monoisotopic (exact) mass is 399 g/mol. The lowest BCUT2D eigenvalue weighted by Gasteiger charge is -2.35. The number of fused-ring (bicyclic) bond motifs is 3. The van der Waals surface area contributed by atoms with Crippen LogP contribution >= 0.6 is 27.7 Å². The summed E-state index contributed by atoms with van der Waals surface area (Å²) in [5.74, 6) is 1.02. The maximum absolute atomic E-state index is 12.5. The Morgan fingerprint density at radius 1 is 1.43 bits per heavy atom. The molecule has 4 rings (SSSR count). The van der Waals surface area contributed by atoms with Gasteiger partial charge in [0.25, 0.3) is 5.56 Å². The minimum Gasteiger partial charge on any atom is -0.324 e. The van der Waals surface area contributed by atoms with Gasteiger partial charge in [0.15, 0.2) is 11.8 Å². The predicted octanol–water partition coefficient (Wildman–Crippen LogP) is 1.60. The zero-order valence-corrected chi connectivity index (χ0v) is 15.9. The second kappa shape index (κ2) is 6.08. The standard InChI is InChI=1S/C16H23BrN4OS/c1-16(8-17)9-21-13-12(14(22)19-15(21)23-16)7-20(10-18-13)11-5-3-2-4-6-11/h11,18H,2-10H2,1H3/p+1/t16-/m1/s1. The Labute approximate surface area is 149 Å². The fraction of sp³-hybridized carbons (Fsp3) is 0.750. The number of hydrogen-bond donors (Lipinski definition) is 2. The molecule has 0 amide bonds. The Bertz CT molecular complexity index is 673. The van der Waals surface area contributed by atoms with Crippen molar-refractivity contribution in [3.63, 3.8) is 0 Å². The molecule has 0 spiro atoms. The van der Waals surface area contributed by atoms with E-state index in [-0.39, 0.29) is 10.3 Å². The fourth-order valence-electron chi connectivity index (χ4n) is 4.10. The van der Waals surface area contributed by atoms with Crippen LogP contribution in [-0.4, -0.2) is 32.3 Å². The molecule has 5 nitrogen and oxygen atoms in total. The van der Waals surface area contributed by atoms with Gasteiger partial charge in [0.1, 0.15) is 17.9 Å². The highest BCUT2D eigenvalue weighted by Crippen LogP contribution is 2.42. The lowest BCUT2D eigenvalue weighted by Crippen LogP contribution is -3.16. The van der Waals surface area contributed by atoms with Crippen molar-refractivity contribution in [3.05, 3.63) is 15.9 Å². The van der Waals surface area contributed by atoms with Crippen LogP contribution in [0, 0.1) is 0 Å². The molecule has 1 aromatic rings. The van der Waals surface area contributed by atoms with E-state index in [1.54, 1.807) is 11.8 Å². The summed E-state index contributed by atoms with van der Waals surface area (Å²) in [6.07, 6.45) is 6.63. The molecule has 1 fully saturated rings. The van der Waals surface area contributed by atoms with Crippen LogP contribution in [0.4, 0.5) is 5.82 Å². The summed E-state index contributed by atoms with van der Waals surface area (Å²) in [5.41, 5.74) is 0.859. The first-order chi connectivity index (χ1) is 11.1. The zero-order chi connectivity index (χ0) is 16.0. The smallest absolute Gasteiger partial charge is 0.284 e. The van der Waals surface area contributed by atoms with E-state index in [0.29, 0.717) is 6.04 Å². The van der Waals surface area contributed by atoms with Crippen molar-refractivity contribution in [2.45, 2.75) is 68.1 Å². The average molecular weight is 400 g/mol. The van der Waals surface area contributed by atoms with Crippen LogP contribution in [0.2, 0.25) is 0 Å². The number of aromatic nitrogens is 2. The van der Waals surface area contributed by atoms with Crippen molar-refractivity contribution < 1.29 is 4.90 Å². The minimum atomic E-state index is -0.0296. The van der Waals surface area contributed by atoms with E-state index in [1.165, 1.54) is 37.0 Å².